The molecule has 0 spiro atoms. The molecule has 1 aliphatic heterocycles. The van der Waals surface area contributed by atoms with Crippen LogP contribution in [0.1, 0.15) is 0 Å². The molecular weight excluding hydrogens is 186 g/mol. The molecule has 14 heavy (non-hydrogen) atoms. The van der Waals surface area contributed by atoms with Crippen LogP contribution in [0, 0.1) is 0 Å². The van der Waals surface area contributed by atoms with Crippen molar-refractivity contribution in [3.63, 3.8) is 0 Å². The number of hydrogen-bond donors (Lipinski definition) is 1. The molecule has 5 nitrogen and oxygen atoms in total. The van der Waals surface area contributed by atoms with Gasteiger partial charge in [0.15, 0.2) is 6.61 Å². The lowest BCUT2D eigenvalue weighted by molar-refractivity contribution is -0.121. The van der Waals surface area contributed by atoms with E-state index in [4.69, 9.17) is 4.74 Å². The molecule has 5 heteroatoms. The first-order valence-corrected chi connectivity index (χ1v) is 3.96. The van der Waals surface area contributed by atoms with Crippen LogP contribution in [-0.2, 0) is 9.59 Å². The SMILES string of the molecule is O=COc1ccc2c(c1)OCC(=O)N2. The Morgan fingerprint density at radius 2 is 2.36 bits per heavy atom. The molecule has 0 aromatic heterocycles. The van der Waals surface area contributed by atoms with Crippen molar-refractivity contribution in [3.8, 4) is 11.5 Å². The number of fused-ring (bicyclic) bond motifs is 1. The van der Waals surface area contributed by atoms with E-state index in [-0.39, 0.29) is 12.5 Å². The molecule has 0 unspecified atom stereocenters. The molecule has 0 atom stereocenters. The summed E-state index contributed by atoms with van der Waals surface area (Å²) in [7, 11) is 0. The maximum absolute atomic E-state index is 10.9. The normalized spacial score (nSPS) is 13.6. The number of hydrogen-bond acceptors (Lipinski definition) is 4. The lowest BCUT2D eigenvalue weighted by Gasteiger charge is -2.17. The van der Waals surface area contributed by atoms with E-state index in [0.29, 0.717) is 23.7 Å². The van der Waals surface area contributed by atoms with Crippen LogP contribution >= 0.6 is 0 Å². The van der Waals surface area contributed by atoms with Gasteiger partial charge in [0.05, 0.1) is 5.69 Å². The summed E-state index contributed by atoms with van der Waals surface area (Å²) in [4.78, 5) is 21.0. The van der Waals surface area contributed by atoms with E-state index < -0.39 is 0 Å². The van der Waals surface area contributed by atoms with Crippen LogP contribution in [0.5, 0.6) is 11.5 Å². The summed E-state index contributed by atoms with van der Waals surface area (Å²) in [5, 5.41) is 2.62. The summed E-state index contributed by atoms with van der Waals surface area (Å²) < 4.78 is 9.74. The molecule has 1 amide bonds. The highest BCUT2D eigenvalue weighted by molar-refractivity contribution is 5.95. The van der Waals surface area contributed by atoms with Crippen LogP contribution in [0.25, 0.3) is 0 Å². The van der Waals surface area contributed by atoms with Crippen LogP contribution in [0.4, 0.5) is 5.69 Å². The molecule has 0 bridgehead atoms. The van der Waals surface area contributed by atoms with Crippen molar-refractivity contribution >= 4 is 18.1 Å². The maximum atomic E-state index is 10.9. The first kappa shape index (κ1) is 8.55. The number of anilines is 1. The summed E-state index contributed by atoms with van der Waals surface area (Å²) in [6.45, 7) is 0.320. The van der Waals surface area contributed by atoms with Gasteiger partial charge in [0, 0.05) is 6.07 Å². The standard InChI is InChI=1S/C9H7NO4/c11-5-14-6-1-2-7-8(3-6)13-4-9(12)10-7/h1-3,5H,4H2,(H,10,12). The Morgan fingerprint density at radius 1 is 1.50 bits per heavy atom. The molecule has 0 saturated carbocycles. The lowest BCUT2D eigenvalue weighted by Crippen LogP contribution is -2.25. The highest BCUT2D eigenvalue weighted by Crippen LogP contribution is 2.31. The molecule has 1 aromatic rings. The second-order valence-corrected chi connectivity index (χ2v) is 2.71. The number of benzene rings is 1. The van der Waals surface area contributed by atoms with E-state index in [2.05, 4.69) is 10.1 Å². The molecule has 72 valence electrons. The van der Waals surface area contributed by atoms with Crippen molar-refractivity contribution in [3.05, 3.63) is 18.2 Å². The van der Waals surface area contributed by atoms with Gasteiger partial charge in [-0.3, -0.25) is 9.59 Å². The van der Waals surface area contributed by atoms with Crippen molar-refractivity contribution in [2.75, 3.05) is 11.9 Å². The van der Waals surface area contributed by atoms with E-state index in [0.717, 1.165) is 0 Å². The van der Waals surface area contributed by atoms with E-state index in [1.54, 1.807) is 18.2 Å². The fraction of sp³-hybridized carbons (Fsp3) is 0.111. The van der Waals surface area contributed by atoms with Gasteiger partial charge >= 0.3 is 0 Å². The Balaban J connectivity index is 2.31. The number of carbonyl (C=O) groups excluding carboxylic acids is 2. The second kappa shape index (κ2) is 3.37. The molecule has 0 aliphatic carbocycles. The quantitative estimate of drug-likeness (QED) is 0.696. The van der Waals surface area contributed by atoms with Crippen molar-refractivity contribution in [2.24, 2.45) is 0 Å². The third-order valence-electron chi connectivity index (χ3n) is 1.77. The number of amides is 1. The number of carbonyl (C=O) groups is 2. The highest BCUT2D eigenvalue weighted by atomic mass is 16.5. The third-order valence-corrected chi connectivity index (χ3v) is 1.77. The zero-order valence-electron chi connectivity index (χ0n) is 7.15. The van der Waals surface area contributed by atoms with Crippen molar-refractivity contribution in [1.82, 2.24) is 0 Å². The first-order valence-electron chi connectivity index (χ1n) is 3.96. The summed E-state index contributed by atoms with van der Waals surface area (Å²) in [6, 6.07) is 4.73. The van der Waals surface area contributed by atoms with Crippen molar-refractivity contribution in [2.45, 2.75) is 0 Å². The zero-order chi connectivity index (χ0) is 9.97. The van der Waals surface area contributed by atoms with Gasteiger partial charge in [-0.25, -0.2) is 0 Å². The second-order valence-electron chi connectivity index (χ2n) is 2.71. The Morgan fingerprint density at radius 3 is 3.14 bits per heavy atom. The Kier molecular flexibility index (Phi) is 2.06. The molecule has 1 aromatic carbocycles. The van der Waals surface area contributed by atoms with Crippen LogP contribution in [0.15, 0.2) is 18.2 Å². The smallest absolute Gasteiger partial charge is 0.298 e. The van der Waals surface area contributed by atoms with E-state index >= 15 is 0 Å². The van der Waals surface area contributed by atoms with Gasteiger partial charge in [0.25, 0.3) is 12.4 Å². The predicted octanol–water partition coefficient (Wildman–Crippen LogP) is 0.553. The summed E-state index contributed by atoms with van der Waals surface area (Å²) in [6.07, 6.45) is 0. The minimum Gasteiger partial charge on any atom is -0.481 e. The Hall–Kier alpha value is -2.04. The van der Waals surface area contributed by atoms with E-state index in [9.17, 15) is 9.59 Å². The van der Waals surface area contributed by atoms with Gasteiger partial charge in [-0.2, -0.15) is 0 Å². The Bertz CT molecular complexity index is 388. The van der Waals surface area contributed by atoms with Crippen molar-refractivity contribution in [1.29, 1.82) is 0 Å². The molecule has 0 fully saturated rings. The van der Waals surface area contributed by atoms with Crippen LogP contribution in [0.2, 0.25) is 0 Å². The maximum Gasteiger partial charge on any atom is 0.298 e. The number of nitrogens with one attached hydrogen (secondary N) is 1. The minimum atomic E-state index is -0.193. The van der Waals surface area contributed by atoms with Gasteiger partial charge in [-0.15, -0.1) is 0 Å². The fourth-order valence-electron chi connectivity index (χ4n) is 1.18. The number of rotatable bonds is 2. The minimum absolute atomic E-state index is 0.0163. The van der Waals surface area contributed by atoms with Gasteiger partial charge in [0.2, 0.25) is 0 Å². The monoisotopic (exact) mass is 193 g/mol. The molecule has 0 radical (unpaired) electrons. The molecule has 0 saturated heterocycles. The van der Waals surface area contributed by atoms with Crippen molar-refractivity contribution < 1.29 is 19.1 Å². The van der Waals surface area contributed by atoms with E-state index in [1.165, 1.54) is 0 Å². The Labute approximate surface area is 79.6 Å². The molecule has 1 aliphatic rings. The summed E-state index contributed by atoms with van der Waals surface area (Å²) in [5.41, 5.74) is 0.583. The summed E-state index contributed by atoms with van der Waals surface area (Å²) in [5.74, 6) is 0.695. The van der Waals surface area contributed by atoms with Gasteiger partial charge in [0.1, 0.15) is 11.5 Å². The van der Waals surface area contributed by atoms with Gasteiger partial charge in [-0.1, -0.05) is 0 Å². The first-order chi connectivity index (χ1) is 6.79. The topological polar surface area (TPSA) is 64.6 Å². The van der Waals surface area contributed by atoms with Gasteiger partial charge < -0.3 is 14.8 Å². The largest absolute Gasteiger partial charge is 0.481 e. The van der Waals surface area contributed by atoms with Gasteiger partial charge in [-0.05, 0) is 12.1 Å². The molecule has 1 N–H and O–H groups in total. The lowest BCUT2D eigenvalue weighted by atomic mass is 10.2. The molecule has 1 heterocycles. The average molecular weight is 193 g/mol. The molecule has 2 rings (SSSR count). The number of ether oxygens (including phenoxy) is 2. The summed E-state index contributed by atoms with van der Waals surface area (Å²) >= 11 is 0. The van der Waals surface area contributed by atoms with Crippen LogP contribution in [-0.4, -0.2) is 19.0 Å². The molecular formula is C9H7NO4. The highest BCUT2D eigenvalue weighted by Gasteiger charge is 2.15. The van der Waals surface area contributed by atoms with Crippen LogP contribution in [0.3, 0.4) is 0 Å². The predicted molar refractivity (Wildman–Crippen MR) is 47.3 cm³/mol. The third kappa shape index (κ3) is 1.52. The average Bonchev–Trinajstić information content (AvgIpc) is 2.19. The van der Waals surface area contributed by atoms with Crippen LogP contribution < -0.4 is 14.8 Å². The fourth-order valence-corrected chi connectivity index (χ4v) is 1.18. The van der Waals surface area contributed by atoms with E-state index in [1.807, 2.05) is 0 Å². The zero-order valence-corrected chi connectivity index (χ0v) is 7.15.